The van der Waals surface area contributed by atoms with Gasteiger partial charge in [-0.25, -0.2) is 0 Å². The van der Waals surface area contributed by atoms with Gasteiger partial charge in [0.25, 0.3) is 0 Å². The lowest BCUT2D eigenvalue weighted by Crippen LogP contribution is -2.50. The number of hydrogen-bond donors (Lipinski definition) is 3. The standard InChI is InChI=1S/C15H25N3O2/c1-11(19)18-14(13-4-2-3-5-13)15(20)17-10-12-6-8-16-9-7-12/h6,13-14,16H,2-5,7-10H2,1H3,(H,17,20)(H,18,19). The molecule has 5 heteroatoms. The Bertz CT molecular complexity index is 387. The van der Waals surface area contributed by atoms with Crippen LogP contribution in [0.1, 0.15) is 39.0 Å². The molecule has 112 valence electrons. The Labute approximate surface area is 120 Å². The van der Waals surface area contributed by atoms with Gasteiger partial charge in [0.15, 0.2) is 0 Å². The summed E-state index contributed by atoms with van der Waals surface area (Å²) >= 11 is 0. The molecule has 1 unspecified atom stereocenters. The first-order chi connectivity index (χ1) is 9.66. The van der Waals surface area contributed by atoms with Crippen molar-refractivity contribution in [2.24, 2.45) is 5.92 Å². The normalized spacial score (nSPS) is 21.1. The lowest BCUT2D eigenvalue weighted by molar-refractivity contribution is -0.129. The van der Waals surface area contributed by atoms with E-state index < -0.39 is 0 Å². The summed E-state index contributed by atoms with van der Waals surface area (Å²) in [5.74, 6) is 0.130. The van der Waals surface area contributed by atoms with Crippen LogP contribution in [0.4, 0.5) is 0 Å². The Morgan fingerprint density at radius 1 is 1.40 bits per heavy atom. The molecule has 5 nitrogen and oxygen atoms in total. The Hall–Kier alpha value is -1.36. The molecule has 0 radical (unpaired) electrons. The Balaban J connectivity index is 1.88. The second-order valence-electron chi connectivity index (χ2n) is 5.76. The van der Waals surface area contributed by atoms with Gasteiger partial charge in [-0.15, -0.1) is 0 Å². The van der Waals surface area contributed by atoms with E-state index in [9.17, 15) is 9.59 Å². The van der Waals surface area contributed by atoms with E-state index in [2.05, 4.69) is 22.0 Å². The molecule has 1 atom stereocenters. The van der Waals surface area contributed by atoms with Gasteiger partial charge in [-0.2, -0.15) is 0 Å². The fourth-order valence-corrected chi connectivity index (χ4v) is 3.05. The van der Waals surface area contributed by atoms with Crippen LogP contribution in [-0.4, -0.2) is 37.5 Å². The van der Waals surface area contributed by atoms with Crippen molar-refractivity contribution in [2.75, 3.05) is 19.6 Å². The number of carbonyl (C=O) groups is 2. The molecule has 0 aromatic heterocycles. The maximum Gasteiger partial charge on any atom is 0.243 e. The number of nitrogens with one attached hydrogen (secondary N) is 3. The highest BCUT2D eigenvalue weighted by Crippen LogP contribution is 2.27. The van der Waals surface area contributed by atoms with Gasteiger partial charge in [0, 0.05) is 20.0 Å². The SMILES string of the molecule is CC(=O)NC(C(=O)NCC1=CCNCC1)C1CCCC1. The lowest BCUT2D eigenvalue weighted by Gasteiger charge is -2.24. The highest BCUT2D eigenvalue weighted by molar-refractivity contribution is 5.87. The molecule has 1 aliphatic carbocycles. The van der Waals surface area contributed by atoms with E-state index in [-0.39, 0.29) is 17.9 Å². The summed E-state index contributed by atoms with van der Waals surface area (Å²) in [6, 6.07) is -0.364. The predicted molar refractivity (Wildman–Crippen MR) is 78.1 cm³/mol. The molecule has 3 N–H and O–H groups in total. The van der Waals surface area contributed by atoms with Crippen molar-refractivity contribution in [1.29, 1.82) is 0 Å². The van der Waals surface area contributed by atoms with E-state index in [1.54, 1.807) is 0 Å². The van der Waals surface area contributed by atoms with Gasteiger partial charge in [-0.05, 0) is 31.7 Å². The lowest BCUT2D eigenvalue weighted by atomic mass is 9.97. The van der Waals surface area contributed by atoms with Crippen molar-refractivity contribution in [3.63, 3.8) is 0 Å². The van der Waals surface area contributed by atoms with E-state index in [0.29, 0.717) is 12.5 Å². The first-order valence-corrected chi connectivity index (χ1v) is 7.60. The average molecular weight is 279 g/mol. The van der Waals surface area contributed by atoms with Crippen LogP contribution < -0.4 is 16.0 Å². The molecule has 0 saturated heterocycles. The molecule has 2 amide bonds. The molecule has 20 heavy (non-hydrogen) atoms. The quantitative estimate of drug-likeness (QED) is 0.649. The molecule has 0 aromatic carbocycles. The molecule has 0 aromatic rings. The highest BCUT2D eigenvalue weighted by Gasteiger charge is 2.31. The smallest absolute Gasteiger partial charge is 0.243 e. The van der Waals surface area contributed by atoms with E-state index in [0.717, 1.165) is 45.2 Å². The van der Waals surface area contributed by atoms with Crippen LogP contribution >= 0.6 is 0 Å². The molecular weight excluding hydrogens is 254 g/mol. The Kier molecular flexibility index (Phi) is 5.59. The van der Waals surface area contributed by atoms with Crippen LogP contribution in [0.25, 0.3) is 0 Å². The predicted octanol–water partition coefficient (Wildman–Crippen LogP) is 0.717. The number of carbonyl (C=O) groups excluding carboxylic acids is 2. The summed E-state index contributed by atoms with van der Waals surface area (Å²) in [4.78, 5) is 23.7. The minimum absolute atomic E-state index is 0.0356. The zero-order chi connectivity index (χ0) is 14.4. The van der Waals surface area contributed by atoms with Crippen molar-refractivity contribution < 1.29 is 9.59 Å². The third-order valence-corrected chi connectivity index (χ3v) is 4.16. The summed E-state index contributed by atoms with van der Waals surface area (Å²) in [6.07, 6.45) is 7.49. The zero-order valence-electron chi connectivity index (χ0n) is 12.2. The van der Waals surface area contributed by atoms with Gasteiger partial charge < -0.3 is 16.0 Å². The molecule has 1 aliphatic heterocycles. The van der Waals surface area contributed by atoms with Crippen LogP contribution in [-0.2, 0) is 9.59 Å². The van der Waals surface area contributed by atoms with E-state index in [1.807, 2.05) is 0 Å². The second-order valence-corrected chi connectivity index (χ2v) is 5.76. The minimum atomic E-state index is -0.364. The van der Waals surface area contributed by atoms with Crippen molar-refractivity contribution in [3.05, 3.63) is 11.6 Å². The molecule has 1 saturated carbocycles. The topological polar surface area (TPSA) is 70.2 Å². The van der Waals surface area contributed by atoms with Crippen molar-refractivity contribution >= 4 is 11.8 Å². The Morgan fingerprint density at radius 2 is 2.15 bits per heavy atom. The van der Waals surface area contributed by atoms with Crippen LogP contribution in [0.15, 0.2) is 11.6 Å². The third kappa shape index (κ3) is 4.34. The van der Waals surface area contributed by atoms with Crippen molar-refractivity contribution in [1.82, 2.24) is 16.0 Å². The molecule has 0 spiro atoms. The van der Waals surface area contributed by atoms with Crippen LogP contribution in [0.5, 0.6) is 0 Å². The van der Waals surface area contributed by atoms with Crippen LogP contribution in [0, 0.1) is 5.92 Å². The first kappa shape index (κ1) is 15.0. The highest BCUT2D eigenvalue weighted by atomic mass is 16.2. The largest absolute Gasteiger partial charge is 0.351 e. The monoisotopic (exact) mass is 279 g/mol. The van der Waals surface area contributed by atoms with E-state index >= 15 is 0 Å². The number of amides is 2. The summed E-state index contributed by atoms with van der Waals surface area (Å²) in [5, 5.41) is 9.06. The first-order valence-electron chi connectivity index (χ1n) is 7.60. The maximum absolute atomic E-state index is 12.3. The minimum Gasteiger partial charge on any atom is -0.351 e. The summed E-state index contributed by atoms with van der Waals surface area (Å²) < 4.78 is 0. The van der Waals surface area contributed by atoms with Crippen LogP contribution in [0.3, 0.4) is 0 Å². The third-order valence-electron chi connectivity index (χ3n) is 4.16. The van der Waals surface area contributed by atoms with Gasteiger partial charge in [0.2, 0.25) is 11.8 Å². The average Bonchev–Trinajstić information content (AvgIpc) is 2.97. The molecule has 1 fully saturated rings. The van der Waals surface area contributed by atoms with Crippen LogP contribution in [0.2, 0.25) is 0 Å². The molecular formula is C15H25N3O2. The van der Waals surface area contributed by atoms with Gasteiger partial charge in [-0.1, -0.05) is 24.5 Å². The molecule has 2 aliphatic rings. The van der Waals surface area contributed by atoms with E-state index in [4.69, 9.17) is 0 Å². The number of hydrogen-bond acceptors (Lipinski definition) is 3. The van der Waals surface area contributed by atoms with Crippen molar-refractivity contribution in [3.8, 4) is 0 Å². The Morgan fingerprint density at radius 3 is 2.75 bits per heavy atom. The van der Waals surface area contributed by atoms with Gasteiger partial charge in [0.05, 0.1) is 0 Å². The summed E-state index contributed by atoms with van der Waals surface area (Å²) in [6.45, 7) is 3.93. The number of rotatable bonds is 5. The molecule has 0 bridgehead atoms. The molecule has 2 rings (SSSR count). The van der Waals surface area contributed by atoms with Gasteiger partial charge in [0.1, 0.15) is 6.04 Å². The van der Waals surface area contributed by atoms with Gasteiger partial charge >= 0.3 is 0 Å². The zero-order valence-corrected chi connectivity index (χ0v) is 12.2. The summed E-state index contributed by atoms with van der Waals surface area (Å²) in [5.41, 5.74) is 1.27. The molecule has 1 heterocycles. The van der Waals surface area contributed by atoms with Crippen molar-refractivity contribution in [2.45, 2.75) is 45.1 Å². The fourth-order valence-electron chi connectivity index (χ4n) is 3.05. The second kappa shape index (κ2) is 7.43. The maximum atomic E-state index is 12.3. The van der Waals surface area contributed by atoms with Gasteiger partial charge in [-0.3, -0.25) is 9.59 Å². The fraction of sp³-hybridized carbons (Fsp3) is 0.733. The summed E-state index contributed by atoms with van der Waals surface area (Å²) in [7, 11) is 0. The van der Waals surface area contributed by atoms with E-state index in [1.165, 1.54) is 12.5 Å².